The van der Waals surface area contributed by atoms with Gasteiger partial charge in [-0.3, -0.25) is 4.79 Å². The van der Waals surface area contributed by atoms with E-state index in [2.05, 4.69) is 17.1 Å². The van der Waals surface area contributed by atoms with Crippen molar-refractivity contribution >= 4 is 5.91 Å². The molecule has 0 radical (unpaired) electrons. The lowest BCUT2D eigenvalue weighted by atomic mass is 9.91. The Hall–Kier alpha value is -0.790. The number of fused-ring (bicyclic) bond motifs is 2. The highest BCUT2D eigenvalue weighted by Gasteiger charge is 2.41. The molecule has 3 atom stereocenters. The lowest BCUT2D eigenvalue weighted by Gasteiger charge is -2.31. The Labute approximate surface area is 91.3 Å². The van der Waals surface area contributed by atoms with Crippen LogP contribution < -0.4 is 0 Å². The Balaban J connectivity index is 1.67. The van der Waals surface area contributed by atoms with Crippen LogP contribution in [0.1, 0.15) is 32.1 Å². The number of nitrogens with zero attached hydrogens (tertiary/aromatic N) is 1. The molecule has 3 rings (SSSR count). The zero-order valence-corrected chi connectivity index (χ0v) is 9.19. The molecule has 2 fully saturated rings. The maximum absolute atomic E-state index is 12.3. The van der Waals surface area contributed by atoms with Crippen LogP contribution in [0.15, 0.2) is 12.2 Å². The lowest BCUT2D eigenvalue weighted by molar-refractivity contribution is -0.137. The Morgan fingerprint density at radius 2 is 1.87 bits per heavy atom. The van der Waals surface area contributed by atoms with E-state index in [1.165, 1.54) is 25.7 Å². The van der Waals surface area contributed by atoms with Gasteiger partial charge in [0.05, 0.1) is 0 Å². The summed E-state index contributed by atoms with van der Waals surface area (Å²) in [6.07, 6.45) is 10.7. The summed E-state index contributed by atoms with van der Waals surface area (Å²) >= 11 is 0. The Morgan fingerprint density at radius 1 is 1.07 bits per heavy atom. The van der Waals surface area contributed by atoms with Crippen molar-refractivity contribution < 1.29 is 4.79 Å². The monoisotopic (exact) mass is 205 g/mol. The minimum absolute atomic E-state index is 0.332. The number of likely N-dealkylation sites (tertiary alicyclic amines) is 1. The molecule has 1 saturated carbocycles. The molecule has 2 nitrogen and oxygen atoms in total. The van der Waals surface area contributed by atoms with E-state index in [0.29, 0.717) is 23.7 Å². The van der Waals surface area contributed by atoms with Crippen LogP contribution in [0.4, 0.5) is 0 Å². The Bertz CT molecular complexity index is 291. The quantitative estimate of drug-likeness (QED) is 0.601. The van der Waals surface area contributed by atoms with Crippen LogP contribution in [0.5, 0.6) is 0 Å². The number of rotatable bonds is 1. The van der Waals surface area contributed by atoms with Gasteiger partial charge in [0.15, 0.2) is 0 Å². The van der Waals surface area contributed by atoms with Gasteiger partial charge < -0.3 is 4.90 Å². The number of carbonyl (C=O) groups is 1. The summed E-state index contributed by atoms with van der Waals surface area (Å²) in [4.78, 5) is 14.4. The summed E-state index contributed by atoms with van der Waals surface area (Å²) in [5, 5.41) is 0. The molecule has 3 aliphatic rings. The molecule has 0 aromatic rings. The fraction of sp³-hybridized carbons (Fsp3) is 0.769. The van der Waals surface area contributed by atoms with E-state index in [-0.39, 0.29) is 0 Å². The van der Waals surface area contributed by atoms with Gasteiger partial charge in [-0.25, -0.2) is 0 Å². The first-order chi connectivity index (χ1) is 7.34. The van der Waals surface area contributed by atoms with E-state index in [1.54, 1.807) is 0 Å². The van der Waals surface area contributed by atoms with Crippen molar-refractivity contribution in [3.05, 3.63) is 12.2 Å². The van der Waals surface area contributed by atoms with E-state index in [1.807, 2.05) is 0 Å². The van der Waals surface area contributed by atoms with E-state index < -0.39 is 0 Å². The van der Waals surface area contributed by atoms with E-state index in [0.717, 1.165) is 19.5 Å². The van der Waals surface area contributed by atoms with Gasteiger partial charge >= 0.3 is 0 Å². The van der Waals surface area contributed by atoms with Crippen LogP contribution in [-0.4, -0.2) is 23.9 Å². The molecule has 2 aliphatic carbocycles. The number of hydrogen-bond acceptors (Lipinski definition) is 1. The Morgan fingerprint density at radius 3 is 2.47 bits per heavy atom. The molecule has 1 amide bonds. The molecular weight excluding hydrogens is 186 g/mol. The molecule has 1 saturated heterocycles. The van der Waals surface area contributed by atoms with Crippen molar-refractivity contribution in [3.8, 4) is 0 Å². The summed E-state index contributed by atoms with van der Waals surface area (Å²) in [6, 6.07) is 0. The normalized spacial score (nSPS) is 38.7. The lowest BCUT2D eigenvalue weighted by Crippen LogP contribution is -2.40. The molecule has 1 aliphatic heterocycles. The van der Waals surface area contributed by atoms with E-state index in [9.17, 15) is 4.79 Å². The van der Waals surface area contributed by atoms with Crippen molar-refractivity contribution in [1.82, 2.24) is 4.90 Å². The first kappa shape index (κ1) is 9.44. The first-order valence-corrected chi connectivity index (χ1v) is 6.32. The molecule has 0 N–H and O–H groups in total. The van der Waals surface area contributed by atoms with Crippen LogP contribution in [0.3, 0.4) is 0 Å². The second-order valence-corrected chi connectivity index (χ2v) is 5.27. The molecule has 0 spiro atoms. The number of piperidine rings is 1. The second kappa shape index (κ2) is 3.66. The smallest absolute Gasteiger partial charge is 0.226 e. The highest BCUT2D eigenvalue weighted by molar-refractivity contribution is 5.80. The van der Waals surface area contributed by atoms with Crippen molar-refractivity contribution in [3.63, 3.8) is 0 Å². The minimum Gasteiger partial charge on any atom is -0.342 e. The molecule has 0 unspecified atom stereocenters. The van der Waals surface area contributed by atoms with Gasteiger partial charge in [-0.1, -0.05) is 12.2 Å². The molecule has 1 heterocycles. The third kappa shape index (κ3) is 1.60. The molecular formula is C13H19NO. The molecule has 2 heteroatoms. The number of amides is 1. The minimum atomic E-state index is 0.332. The zero-order chi connectivity index (χ0) is 10.3. The molecule has 15 heavy (non-hydrogen) atoms. The molecule has 0 aromatic heterocycles. The maximum Gasteiger partial charge on any atom is 0.226 e. The van der Waals surface area contributed by atoms with Crippen molar-refractivity contribution in [2.24, 2.45) is 17.8 Å². The van der Waals surface area contributed by atoms with Gasteiger partial charge in [0.2, 0.25) is 5.91 Å². The maximum atomic E-state index is 12.3. The van der Waals surface area contributed by atoms with Gasteiger partial charge in [0.1, 0.15) is 0 Å². The summed E-state index contributed by atoms with van der Waals surface area (Å²) in [6.45, 7) is 2.02. The highest BCUT2D eigenvalue weighted by Crippen LogP contribution is 2.44. The van der Waals surface area contributed by atoms with Crippen LogP contribution in [0.2, 0.25) is 0 Å². The zero-order valence-electron chi connectivity index (χ0n) is 9.19. The van der Waals surface area contributed by atoms with Gasteiger partial charge in [-0.15, -0.1) is 0 Å². The predicted molar refractivity (Wildman–Crippen MR) is 59.3 cm³/mol. The number of hydrogen-bond donors (Lipinski definition) is 0. The summed E-state index contributed by atoms with van der Waals surface area (Å²) in [7, 11) is 0. The van der Waals surface area contributed by atoms with Crippen molar-refractivity contribution in [1.29, 1.82) is 0 Å². The van der Waals surface area contributed by atoms with Gasteiger partial charge in [-0.2, -0.15) is 0 Å². The molecule has 2 bridgehead atoms. The van der Waals surface area contributed by atoms with E-state index in [4.69, 9.17) is 0 Å². The summed E-state index contributed by atoms with van der Waals surface area (Å²) < 4.78 is 0. The molecule has 0 aromatic carbocycles. The Kier molecular flexibility index (Phi) is 2.30. The number of allylic oxidation sites excluding steroid dienone is 2. The fourth-order valence-electron chi connectivity index (χ4n) is 3.41. The van der Waals surface area contributed by atoms with Crippen LogP contribution in [-0.2, 0) is 4.79 Å². The largest absolute Gasteiger partial charge is 0.342 e. The number of carbonyl (C=O) groups excluding carboxylic acids is 1. The van der Waals surface area contributed by atoms with E-state index >= 15 is 0 Å². The standard InChI is InChI=1S/C13H19NO/c15-13(14-6-2-1-3-7-14)12-9-10-4-5-11(12)8-10/h4-5,10-12H,1-3,6-9H2/t10-,11-,12-/m0/s1. The third-order valence-corrected chi connectivity index (χ3v) is 4.26. The summed E-state index contributed by atoms with van der Waals surface area (Å²) in [5.41, 5.74) is 0. The SMILES string of the molecule is O=C([C@H]1C[C@H]2C=C[C@H]1C2)N1CCCCC1. The van der Waals surface area contributed by atoms with Crippen LogP contribution in [0.25, 0.3) is 0 Å². The average Bonchev–Trinajstić information content (AvgIpc) is 2.91. The first-order valence-electron chi connectivity index (χ1n) is 6.32. The van der Waals surface area contributed by atoms with Crippen LogP contribution >= 0.6 is 0 Å². The average molecular weight is 205 g/mol. The van der Waals surface area contributed by atoms with Crippen molar-refractivity contribution in [2.45, 2.75) is 32.1 Å². The van der Waals surface area contributed by atoms with Gasteiger partial charge in [-0.05, 0) is 43.9 Å². The highest BCUT2D eigenvalue weighted by atomic mass is 16.2. The second-order valence-electron chi connectivity index (χ2n) is 5.27. The van der Waals surface area contributed by atoms with Gasteiger partial charge in [0, 0.05) is 19.0 Å². The topological polar surface area (TPSA) is 20.3 Å². The summed E-state index contributed by atoms with van der Waals surface area (Å²) in [5.74, 6) is 2.07. The fourth-order valence-corrected chi connectivity index (χ4v) is 3.41. The predicted octanol–water partition coefficient (Wildman–Crippen LogP) is 2.21. The van der Waals surface area contributed by atoms with Crippen LogP contribution in [0, 0.1) is 17.8 Å². The van der Waals surface area contributed by atoms with Gasteiger partial charge in [0.25, 0.3) is 0 Å². The van der Waals surface area contributed by atoms with Crippen molar-refractivity contribution in [2.75, 3.05) is 13.1 Å². The molecule has 82 valence electrons. The third-order valence-electron chi connectivity index (χ3n) is 4.26.